The molecular formula is C15H16FN3O3. The van der Waals surface area contributed by atoms with Gasteiger partial charge >= 0.3 is 0 Å². The van der Waals surface area contributed by atoms with Crippen LogP contribution >= 0.6 is 0 Å². The molecule has 1 aromatic carbocycles. The third kappa shape index (κ3) is 2.77. The zero-order valence-corrected chi connectivity index (χ0v) is 11.8. The zero-order chi connectivity index (χ0) is 15.7. The highest BCUT2D eigenvalue weighted by Crippen LogP contribution is 2.12. The molecule has 6 nitrogen and oxygen atoms in total. The first-order valence-electron chi connectivity index (χ1n) is 7.13. The van der Waals surface area contributed by atoms with Gasteiger partial charge in [0.2, 0.25) is 0 Å². The molecule has 1 saturated heterocycles. The highest BCUT2D eigenvalue weighted by Gasteiger charge is 2.26. The second-order valence-corrected chi connectivity index (χ2v) is 5.47. The summed E-state index contributed by atoms with van der Waals surface area (Å²) in [5.74, 6) is -0.859. The molecule has 2 heterocycles. The van der Waals surface area contributed by atoms with Crippen LogP contribution in [0, 0.1) is 5.82 Å². The van der Waals surface area contributed by atoms with Crippen LogP contribution in [0.4, 0.5) is 4.39 Å². The topological polar surface area (TPSA) is 84.2 Å². The summed E-state index contributed by atoms with van der Waals surface area (Å²) >= 11 is 0. The number of rotatable bonds is 4. The van der Waals surface area contributed by atoms with Crippen molar-refractivity contribution < 1.29 is 14.3 Å². The molecule has 0 radical (unpaired) electrons. The van der Waals surface area contributed by atoms with Crippen LogP contribution in [0.1, 0.15) is 12.8 Å². The van der Waals surface area contributed by atoms with Crippen molar-refractivity contribution in [2.24, 2.45) is 0 Å². The van der Waals surface area contributed by atoms with Crippen LogP contribution < -0.4 is 10.9 Å². The number of aromatic nitrogens is 2. The number of Topliss-reactive ketones (excluding diaryl/α,β-unsaturated/α-hetero) is 1. The summed E-state index contributed by atoms with van der Waals surface area (Å²) in [4.78, 5) is 28.3. The van der Waals surface area contributed by atoms with Gasteiger partial charge in [0.1, 0.15) is 11.2 Å². The highest BCUT2D eigenvalue weighted by atomic mass is 19.1. The van der Waals surface area contributed by atoms with E-state index in [1.54, 1.807) is 6.07 Å². The molecule has 2 aromatic rings. The molecule has 0 saturated carbocycles. The summed E-state index contributed by atoms with van der Waals surface area (Å²) in [5, 5.41) is 12.6. The monoisotopic (exact) mass is 305 g/mol. The van der Waals surface area contributed by atoms with Gasteiger partial charge in [0.05, 0.1) is 24.5 Å². The lowest BCUT2D eigenvalue weighted by Gasteiger charge is -2.14. The number of carbonyl (C=O) groups excluding carboxylic acids is 1. The van der Waals surface area contributed by atoms with Crippen molar-refractivity contribution in [1.82, 2.24) is 14.9 Å². The van der Waals surface area contributed by atoms with Gasteiger partial charge in [-0.2, -0.15) is 0 Å². The molecule has 1 aliphatic heterocycles. The van der Waals surface area contributed by atoms with E-state index >= 15 is 0 Å². The van der Waals surface area contributed by atoms with E-state index in [1.165, 1.54) is 18.5 Å². The Hall–Kier alpha value is -2.12. The number of fused-ring (bicyclic) bond motifs is 1. The number of hydrogen-bond acceptors (Lipinski definition) is 5. The van der Waals surface area contributed by atoms with Gasteiger partial charge in [0.25, 0.3) is 5.56 Å². The molecule has 2 N–H and O–H groups in total. The van der Waals surface area contributed by atoms with Crippen LogP contribution in [-0.4, -0.2) is 39.1 Å². The van der Waals surface area contributed by atoms with E-state index < -0.39 is 17.5 Å². The number of halogens is 1. The normalized spacial score (nSPS) is 21.4. The van der Waals surface area contributed by atoms with Crippen molar-refractivity contribution >= 4 is 16.7 Å². The van der Waals surface area contributed by atoms with Gasteiger partial charge in [0, 0.05) is 12.5 Å². The molecule has 0 bridgehead atoms. The van der Waals surface area contributed by atoms with E-state index in [1.807, 2.05) is 0 Å². The smallest absolute Gasteiger partial charge is 0.264 e. The summed E-state index contributed by atoms with van der Waals surface area (Å²) in [7, 11) is 0. The fourth-order valence-electron chi connectivity index (χ4n) is 2.73. The number of nitrogens with one attached hydrogen (secondary N) is 1. The molecule has 0 spiro atoms. The van der Waals surface area contributed by atoms with Crippen LogP contribution in [0.3, 0.4) is 0 Å². The molecular weight excluding hydrogens is 289 g/mol. The fourth-order valence-corrected chi connectivity index (χ4v) is 2.73. The van der Waals surface area contributed by atoms with E-state index in [-0.39, 0.29) is 35.7 Å². The van der Waals surface area contributed by atoms with Crippen molar-refractivity contribution in [2.45, 2.75) is 31.5 Å². The van der Waals surface area contributed by atoms with Gasteiger partial charge in [-0.25, -0.2) is 9.37 Å². The fraction of sp³-hybridized carbons (Fsp3) is 0.400. The minimum absolute atomic E-state index is 0.114. The van der Waals surface area contributed by atoms with Crippen LogP contribution in [0.2, 0.25) is 0 Å². The number of aliphatic hydroxyl groups excluding tert-OH is 1. The maximum Gasteiger partial charge on any atom is 0.264 e. The molecule has 1 aliphatic rings. The van der Waals surface area contributed by atoms with Crippen molar-refractivity contribution in [3.05, 3.63) is 40.7 Å². The van der Waals surface area contributed by atoms with Crippen molar-refractivity contribution in [3.63, 3.8) is 0 Å². The van der Waals surface area contributed by atoms with E-state index in [0.29, 0.717) is 13.0 Å². The van der Waals surface area contributed by atoms with Gasteiger partial charge in [-0.3, -0.25) is 14.2 Å². The lowest BCUT2D eigenvalue weighted by molar-refractivity contribution is -0.120. The van der Waals surface area contributed by atoms with E-state index in [2.05, 4.69) is 10.3 Å². The Labute approximate surface area is 125 Å². The Balaban J connectivity index is 1.82. The summed E-state index contributed by atoms with van der Waals surface area (Å²) in [6, 6.07) is 3.93. The molecule has 116 valence electrons. The summed E-state index contributed by atoms with van der Waals surface area (Å²) in [6.45, 7) is 0.489. The van der Waals surface area contributed by atoms with E-state index in [0.717, 1.165) is 4.57 Å². The average Bonchev–Trinajstić information content (AvgIpc) is 2.87. The number of carbonyl (C=O) groups is 1. The van der Waals surface area contributed by atoms with Crippen LogP contribution in [0.25, 0.3) is 10.9 Å². The Kier molecular flexibility index (Phi) is 4.00. The third-order valence-electron chi connectivity index (χ3n) is 3.91. The minimum atomic E-state index is -0.648. The number of benzene rings is 1. The number of ketones is 1. The molecule has 0 unspecified atom stereocenters. The second kappa shape index (κ2) is 5.94. The summed E-state index contributed by atoms with van der Waals surface area (Å²) < 4.78 is 14.9. The zero-order valence-electron chi connectivity index (χ0n) is 11.8. The minimum Gasteiger partial charge on any atom is -0.391 e. The molecule has 2 atom stereocenters. The number of aliphatic hydroxyl groups is 1. The maximum atomic E-state index is 13.8. The highest BCUT2D eigenvalue weighted by molar-refractivity contribution is 5.80. The van der Waals surface area contributed by atoms with Crippen molar-refractivity contribution in [3.8, 4) is 0 Å². The Morgan fingerprint density at radius 2 is 2.32 bits per heavy atom. The standard InChI is InChI=1S/C15H16FN3O3/c16-10-2-1-3-11-14(10)15(22)19(8-18-11)7-9(20)6-12-13(21)4-5-17-12/h1-3,8,12-13,17,21H,4-7H2/t12-,13+/m1/s1. The predicted octanol–water partition coefficient (Wildman–Crippen LogP) is 0.218. The molecule has 0 aliphatic carbocycles. The number of nitrogens with zero attached hydrogens (tertiary/aromatic N) is 2. The van der Waals surface area contributed by atoms with Crippen LogP contribution in [0.15, 0.2) is 29.3 Å². The van der Waals surface area contributed by atoms with E-state index in [9.17, 15) is 19.1 Å². The largest absolute Gasteiger partial charge is 0.391 e. The van der Waals surface area contributed by atoms with E-state index in [4.69, 9.17) is 0 Å². The molecule has 3 rings (SSSR count). The van der Waals surface area contributed by atoms with Crippen LogP contribution in [-0.2, 0) is 11.3 Å². The Morgan fingerprint density at radius 1 is 1.50 bits per heavy atom. The summed E-state index contributed by atoms with van der Waals surface area (Å²) in [6.07, 6.45) is 1.44. The third-order valence-corrected chi connectivity index (χ3v) is 3.91. The molecule has 0 amide bonds. The van der Waals surface area contributed by atoms with Gasteiger partial charge in [0.15, 0.2) is 5.78 Å². The van der Waals surface area contributed by atoms with Gasteiger partial charge < -0.3 is 10.4 Å². The lowest BCUT2D eigenvalue weighted by Crippen LogP contribution is -2.34. The first-order chi connectivity index (χ1) is 10.6. The summed E-state index contributed by atoms with van der Waals surface area (Å²) in [5.41, 5.74) is -0.307. The molecule has 1 fully saturated rings. The quantitative estimate of drug-likeness (QED) is 0.844. The van der Waals surface area contributed by atoms with Crippen molar-refractivity contribution in [1.29, 1.82) is 0 Å². The van der Waals surface area contributed by atoms with Crippen molar-refractivity contribution in [2.75, 3.05) is 6.54 Å². The van der Waals surface area contributed by atoms with Crippen LogP contribution in [0.5, 0.6) is 0 Å². The molecule has 7 heteroatoms. The SMILES string of the molecule is O=C(C[C@H]1NCC[C@@H]1O)Cn1cnc2cccc(F)c2c1=O. The predicted molar refractivity (Wildman–Crippen MR) is 78.0 cm³/mol. The number of hydrogen-bond donors (Lipinski definition) is 2. The van der Waals surface area contributed by atoms with Gasteiger partial charge in [-0.1, -0.05) is 6.07 Å². The first kappa shape index (κ1) is 14.8. The Bertz CT molecular complexity index is 774. The molecule has 1 aromatic heterocycles. The Morgan fingerprint density at radius 3 is 3.05 bits per heavy atom. The maximum absolute atomic E-state index is 13.8. The first-order valence-corrected chi connectivity index (χ1v) is 7.13. The average molecular weight is 305 g/mol. The lowest BCUT2D eigenvalue weighted by atomic mass is 10.1. The molecule has 22 heavy (non-hydrogen) atoms. The van der Waals surface area contributed by atoms with Gasteiger partial charge in [-0.05, 0) is 25.1 Å². The van der Waals surface area contributed by atoms with Gasteiger partial charge in [-0.15, -0.1) is 0 Å². The second-order valence-electron chi connectivity index (χ2n) is 5.47.